The third kappa shape index (κ3) is 3.54. The first-order valence-electron chi connectivity index (χ1n) is 7.39. The molecule has 4 rings (SSSR count). The Bertz CT molecular complexity index is 844. The molecule has 0 bridgehead atoms. The van der Waals surface area contributed by atoms with Crippen molar-refractivity contribution >= 4 is 45.3 Å². The lowest BCUT2D eigenvalue weighted by atomic mass is 10.2. The molecule has 5 heteroatoms. The third-order valence-corrected chi connectivity index (χ3v) is 5.38. The van der Waals surface area contributed by atoms with Crippen LogP contribution in [-0.4, -0.2) is 5.17 Å². The molecule has 120 valence electrons. The molecule has 0 spiro atoms. The van der Waals surface area contributed by atoms with E-state index in [4.69, 9.17) is 4.99 Å². The zero-order valence-electron chi connectivity index (χ0n) is 12.7. The Labute approximate surface area is 160 Å². The molecule has 2 heterocycles. The molecule has 3 aromatic rings. The molecule has 2 nitrogen and oxygen atoms in total. The minimum absolute atomic E-state index is 0. The van der Waals surface area contributed by atoms with E-state index in [-0.39, 0.29) is 17.0 Å². The van der Waals surface area contributed by atoms with Gasteiger partial charge in [0.15, 0.2) is 5.70 Å². The van der Waals surface area contributed by atoms with E-state index >= 15 is 0 Å². The lowest BCUT2D eigenvalue weighted by Gasteiger charge is -2.14. The second-order valence-electron chi connectivity index (χ2n) is 5.12. The van der Waals surface area contributed by atoms with Crippen LogP contribution in [0.1, 0.15) is 4.88 Å². The highest BCUT2D eigenvalue weighted by atomic mass is 79.9. The number of nitrogens with zero attached hydrogens (tertiary/aromatic N) is 1. The maximum atomic E-state index is 4.87. The van der Waals surface area contributed by atoms with E-state index in [0.717, 1.165) is 10.9 Å². The van der Waals surface area contributed by atoms with Crippen molar-refractivity contribution in [2.24, 2.45) is 4.99 Å². The Morgan fingerprint density at radius 3 is 2.17 bits per heavy atom. The second kappa shape index (κ2) is 7.94. The number of hydrogen-bond donors (Lipinski definition) is 1. The molecule has 24 heavy (non-hydrogen) atoms. The average molecular weight is 415 g/mol. The van der Waals surface area contributed by atoms with Crippen molar-refractivity contribution in [1.29, 1.82) is 0 Å². The first-order valence-corrected chi connectivity index (χ1v) is 9.15. The number of halogens is 1. The first-order chi connectivity index (χ1) is 11.4. The number of hydrogen-bond acceptors (Lipinski definition) is 3. The summed E-state index contributed by atoms with van der Waals surface area (Å²) in [5, 5.41) is 5.40. The maximum absolute atomic E-state index is 4.87. The number of para-hydroxylation sites is 2. The van der Waals surface area contributed by atoms with E-state index in [1.165, 1.54) is 21.2 Å². The number of thiophene rings is 1. The van der Waals surface area contributed by atoms with Crippen LogP contribution in [0.15, 0.2) is 88.6 Å². The summed E-state index contributed by atoms with van der Waals surface area (Å²) in [6.07, 6.45) is 0. The normalized spacial score (nSPS) is 18.2. The Kier molecular flexibility index (Phi) is 5.68. The van der Waals surface area contributed by atoms with Crippen LogP contribution in [0.4, 0.5) is 11.4 Å². The minimum atomic E-state index is 0. The number of quaternary nitrogens is 1. The fraction of sp³-hybridized carbons (Fsp3) is 0. The van der Waals surface area contributed by atoms with E-state index < -0.39 is 0 Å². The summed E-state index contributed by atoms with van der Waals surface area (Å²) in [4.78, 5) is 7.38. The zero-order chi connectivity index (χ0) is 15.5. The number of nitrogens with one attached hydrogen (secondary N) is 1. The fourth-order valence-corrected chi connectivity index (χ4v) is 4.35. The van der Waals surface area contributed by atoms with Gasteiger partial charge in [0.25, 0.3) is 5.17 Å². The summed E-state index contributed by atoms with van der Waals surface area (Å²) in [7, 11) is 0. The van der Waals surface area contributed by atoms with Crippen LogP contribution in [0.2, 0.25) is 0 Å². The summed E-state index contributed by atoms with van der Waals surface area (Å²) in [5.74, 6) is 0. The predicted octanol–water partition coefficient (Wildman–Crippen LogP) is 1.70. The van der Waals surface area contributed by atoms with Gasteiger partial charge < -0.3 is 17.0 Å². The van der Waals surface area contributed by atoms with Crippen molar-refractivity contribution < 1.29 is 21.9 Å². The van der Waals surface area contributed by atoms with Crippen molar-refractivity contribution in [2.75, 3.05) is 0 Å². The molecule has 1 atom stereocenters. The van der Waals surface area contributed by atoms with Gasteiger partial charge in [-0.05, 0) is 47.5 Å². The highest BCUT2D eigenvalue weighted by Crippen LogP contribution is 2.27. The Morgan fingerprint density at radius 2 is 1.50 bits per heavy atom. The van der Waals surface area contributed by atoms with E-state index in [1.807, 2.05) is 30.3 Å². The van der Waals surface area contributed by atoms with Gasteiger partial charge in [0, 0.05) is 5.41 Å². The quantitative estimate of drug-likeness (QED) is 0.689. The predicted molar refractivity (Wildman–Crippen MR) is 100 cm³/mol. The fourth-order valence-electron chi connectivity index (χ4n) is 2.55. The van der Waals surface area contributed by atoms with Crippen LogP contribution < -0.4 is 21.9 Å². The largest absolute Gasteiger partial charge is 1.00 e. The van der Waals surface area contributed by atoms with Gasteiger partial charge in [0.1, 0.15) is 5.69 Å². The lowest BCUT2D eigenvalue weighted by Crippen LogP contribution is -3.05. The summed E-state index contributed by atoms with van der Waals surface area (Å²) in [6, 6.07) is 24.9. The molecule has 2 aromatic carbocycles. The second-order valence-corrected chi connectivity index (χ2v) is 6.93. The maximum Gasteiger partial charge on any atom is 0.277 e. The van der Waals surface area contributed by atoms with Gasteiger partial charge in [0.2, 0.25) is 0 Å². The van der Waals surface area contributed by atoms with Crippen LogP contribution in [0, 0.1) is 0 Å². The van der Waals surface area contributed by atoms with Crippen molar-refractivity contribution in [3.63, 3.8) is 0 Å². The molecule has 0 saturated heterocycles. The van der Waals surface area contributed by atoms with E-state index in [1.54, 1.807) is 23.1 Å². The van der Waals surface area contributed by atoms with Gasteiger partial charge in [0.05, 0.1) is 10.6 Å². The molecule has 0 fully saturated rings. The van der Waals surface area contributed by atoms with Crippen LogP contribution in [0.5, 0.6) is 0 Å². The molecule has 0 saturated carbocycles. The molecule has 0 amide bonds. The molecule has 0 aliphatic carbocycles. The highest BCUT2D eigenvalue weighted by Gasteiger charge is 2.33. The highest BCUT2D eigenvalue weighted by molar-refractivity contribution is 8.16. The summed E-state index contributed by atoms with van der Waals surface area (Å²) < 4.78 is 0. The number of aliphatic imine (C=N–C) groups is 1. The van der Waals surface area contributed by atoms with Crippen LogP contribution in [0.3, 0.4) is 0 Å². The van der Waals surface area contributed by atoms with E-state index in [9.17, 15) is 0 Å². The van der Waals surface area contributed by atoms with Gasteiger partial charge in [-0.15, -0.1) is 11.3 Å². The van der Waals surface area contributed by atoms with Gasteiger partial charge >= 0.3 is 0 Å². The van der Waals surface area contributed by atoms with Gasteiger partial charge in [-0.1, -0.05) is 42.5 Å². The number of rotatable bonds is 3. The Morgan fingerprint density at radius 1 is 0.792 bits per heavy atom. The third-order valence-electron chi connectivity index (χ3n) is 3.61. The van der Waals surface area contributed by atoms with E-state index in [0.29, 0.717) is 0 Å². The average Bonchev–Trinajstić information content (AvgIpc) is 3.26. The molecule has 1 unspecified atom stereocenters. The van der Waals surface area contributed by atoms with Gasteiger partial charge in [-0.25, -0.2) is 4.90 Å². The summed E-state index contributed by atoms with van der Waals surface area (Å²) in [5.41, 5.74) is 3.47. The van der Waals surface area contributed by atoms with E-state index in [2.05, 4.69) is 53.3 Å². The number of amidine groups is 1. The molecule has 0 radical (unpaired) electrons. The smallest absolute Gasteiger partial charge is 0.277 e. The standard InChI is InChI=1S/C19H14N2S2.BrH/c1-3-8-15(9-4-1)20-19-21(16-10-5-2-6-11-16)17(14-23-19)18-12-7-13-22-18;/h1-14H;1H. The SMILES string of the molecule is C1=C(c2cccs2)[NH+](c2ccccc2)C(=Nc2ccccc2)S1.[Br-]. The lowest BCUT2D eigenvalue weighted by molar-refractivity contribution is -0.634. The van der Waals surface area contributed by atoms with Crippen LogP contribution >= 0.6 is 23.1 Å². The summed E-state index contributed by atoms with van der Waals surface area (Å²) >= 11 is 3.47. The Hall–Kier alpha value is -1.66. The first kappa shape index (κ1) is 17.2. The monoisotopic (exact) mass is 414 g/mol. The topological polar surface area (TPSA) is 16.8 Å². The van der Waals surface area contributed by atoms with Crippen molar-refractivity contribution in [2.45, 2.75) is 0 Å². The van der Waals surface area contributed by atoms with Crippen molar-refractivity contribution in [3.05, 3.63) is 88.5 Å². The van der Waals surface area contributed by atoms with Gasteiger partial charge in [-0.2, -0.15) is 4.99 Å². The molecule has 1 aliphatic heterocycles. The summed E-state index contributed by atoms with van der Waals surface area (Å²) in [6.45, 7) is 0. The number of benzene rings is 2. The van der Waals surface area contributed by atoms with Gasteiger partial charge in [-0.3, -0.25) is 0 Å². The van der Waals surface area contributed by atoms with Crippen molar-refractivity contribution in [1.82, 2.24) is 0 Å². The molecule has 1 N–H and O–H groups in total. The van der Waals surface area contributed by atoms with Crippen molar-refractivity contribution in [3.8, 4) is 0 Å². The molecular formula is C19H15BrN2S2. The van der Waals surface area contributed by atoms with Crippen LogP contribution in [0.25, 0.3) is 5.70 Å². The van der Waals surface area contributed by atoms with Crippen LogP contribution in [-0.2, 0) is 0 Å². The molecule has 1 aromatic heterocycles. The Balaban J connectivity index is 0.00000169. The number of thioether (sulfide) groups is 1. The minimum Gasteiger partial charge on any atom is -1.00 e. The zero-order valence-corrected chi connectivity index (χ0v) is 15.9. The molecule has 1 aliphatic rings. The molecular weight excluding hydrogens is 400 g/mol.